The zero-order valence-electron chi connectivity index (χ0n) is 10.3. The van der Waals surface area contributed by atoms with Crippen LogP contribution in [0.4, 0.5) is 0 Å². The average molecular weight is 242 g/mol. The molecule has 1 unspecified atom stereocenters. The first-order valence-electron chi connectivity index (χ1n) is 6.28. The molecule has 1 amide bonds. The molecule has 1 atom stereocenters. The summed E-state index contributed by atoms with van der Waals surface area (Å²) in [6.45, 7) is 5.80. The highest BCUT2D eigenvalue weighted by Gasteiger charge is 2.41. The molecule has 0 aromatic heterocycles. The standard InChI is InChI=1S/C12H22N2OS/c1-3-12(2)11(15)14(9-13-12)8-10-4-6-16-7-5-10/h10,13H,3-9H2,1-2H3. The zero-order valence-corrected chi connectivity index (χ0v) is 11.1. The lowest BCUT2D eigenvalue weighted by atomic mass is 9.98. The summed E-state index contributed by atoms with van der Waals surface area (Å²) in [5, 5.41) is 3.34. The van der Waals surface area contributed by atoms with E-state index in [1.807, 2.05) is 23.6 Å². The molecular weight excluding hydrogens is 220 g/mol. The van der Waals surface area contributed by atoms with E-state index >= 15 is 0 Å². The van der Waals surface area contributed by atoms with Crippen LogP contribution in [0.1, 0.15) is 33.1 Å². The number of nitrogens with zero attached hydrogens (tertiary/aromatic N) is 1. The van der Waals surface area contributed by atoms with E-state index < -0.39 is 0 Å². The van der Waals surface area contributed by atoms with Crippen LogP contribution in [0.5, 0.6) is 0 Å². The van der Waals surface area contributed by atoms with Crippen molar-refractivity contribution in [3.05, 3.63) is 0 Å². The van der Waals surface area contributed by atoms with Crippen LogP contribution in [0.25, 0.3) is 0 Å². The molecular formula is C12H22N2OS. The number of hydrogen-bond acceptors (Lipinski definition) is 3. The van der Waals surface area contributed by atoms with E-state index in [9.17, 15) is 4.79 Å². The zero-order chi connectivity index (χ0) is 11.6. The quantitative estimate of drug-likeness (QED) is 0.817. The predicted octanol–water partition coefficient (Wildman–Crippen LogP) is 1.69. The van der Waals surface area contributed by atoms with E-state index in [-0.39, 0.29) is 5.54 Å². The fourth-order valence-corrected chi connectivity index (χ4v) is 3.63. The number of carbonyl (C=O) groups is 1. The summed E-state index contributed by atoms with van der Waals surface area (Å²) < 4.78 is 0. The third-order valence-corrected chi connectivity index (χ3v) is 4.99. The van der Waals surface area contributed by atoms with Crippen molar-refractivity contribution in [3.63, 3.8) is 0 Å². The van der Waals surface area contributed by atoms with Gasteiger partial charge in [-0.05, 0) is 43.6 Å². The van der Waals surface area contributed by atoms with E-state index in [1.54, 1.807) is 0 Å². The minimum Gasteiger partial charge on any atom is -0.328 e. The van der Waals surface area contributed by atoms with Gasteiger partial charge >= 0.3 is 0 Å². The number of carbonyl (C=O) groups excluding carboxylic acids is 1. The third-order valence-electron chi connectivity index (χ3n) is 3.95. The molecule has 0 saturated carbocycles. The van der Waals surface area contributed by atoms with E-state index in [1.165, 1.54) is 24.3 Å². The Morgan fingerprint density at radius 1 is 1.50 bits per heavy atom. The lowest BCUT2D eigenvalue weighted by Crippen LogP contribution is -2.43. The topological polar surface area (TPSA) is 32.3 Å². The Bertz CT molecular complexity index is 266. The van der Waals surface area contributed by atoms with Crippen LogP contribution in [0.2, 0.25) is 0 Å². The van der Waals surface area contributed by atoms with Gasteiger partial charge in [-0.3, -0.25) is 10.1 Å². The molecule has 2 fully saturated rings. The summed E-state index contributed by atoms with van der Waals surface area (Å²) >= 11 is 2.04. The lowest BCUT2D eigenvalue weighted by molar-refractivity contribution is -0.132. The second-order valence-corrected chi connectivity index (χ2v) is 6.33. The largest absolute Gasteiger partial charge is 0.328 e. The maximum atomic E-state index is 12.2. The van der Waals surface area contributed by atoms with Gasteiger partial charge in [0.25, 0.3) is 0 Å². The van der Waals surface area contributed by atoms with Gasteiger partial charge in [-0.2, -0.15) is 11.8 Å². The molecule has 0 spiro atoms. The Morgan fingerprint density at radius 2 is 2.19 bits per heavy atom. The molecule has 2 saturated heterocycles. The lowest BCUT2D eigenvalue weighted by Gasteiger charge is -2.27. The summed E-state index contributed by atoms with van der Waals surface area (Å²) in [6.07, 6.45) is 3.43. The van der Waals surface area contributed by atoms with Crippen molar-refractivity contribution in [1.82, 2.24) is 10.2 Å². The van der Waals surface area contributed by atoms with Gasteiger partial charge in [0, 0.05) is 6.54 Å². The fraction of sp³-hybridized carbons (Fsp3) is 0.917. The minimum absolute atomic E-state index is 0.299. The van der Waals surface area contributed by atoms with Crippen LogP contribution >= 0.6 is 11.8 Å². The van der Waals surface area contributed by atoms with Crippen molar-refractivity contribution in [1.29, 1.82) is 0 Å². The molecule has 0 aromatic rings. The van der Waals surface area contributed by atoms with Crippen LogP contribution in [-0.4, -0.2) is 41.1 Å². The van der Waals surface area contributed by atoms with Crippen LogP contribution in [0, 0.1) is 5.92 Å². The third kappa shape index (κ3) is 2.38. The second-order valence-electron chi connectivity index (χ2n) is 5.10. The SMILES string of the molecule is CCC1(C)NCN(CC2CCSCC2)C1=O. The maximum Gasteiger partial charge on any atom is 0.243 e. The monoisotopic (exact) mass is 242 g/mol. The van der Waals surface area contributed by atoms with Crippen molar-refractivity contribution >= 4 is 17.7 Å². The van der Waals surface area contributed by atoms with Crippen LogP contribution in [0.3, 0.4) is 0 Å². The first kappa shape index (κ1) is 12.2. The van der Waals surface area contributed by atoms with Crippen LogP contribution in [0.15, 0.2) is 0 Å². The second kappa shape index (κ2) is 4.96. The van der Waals surface area contributed by atoms with Crippen LogP contribution < -0.4 is 5.32 Å². The van der Waals surface area contributed by atoms with Crippen molar-refractivity contribution in [2.24, 2.45) is 5.92 Å². The fourth-order valence-electron chi connectivity index (χ4n) is 2.43. The van der Waals surface area contributed by atoms with E-state index in [0.717, 1.165) is 25.6 Å². The molecule has 2 aliphatic rings. The summed E-state index contributed by atoms with van der Waals surface area (Å²) in [5.41, 5.74) is -0.302. The van der Waals surface area contributed by atoms with Gasteiger partial charge in [-0.1, -0.05) is 6.92 Å². The molecule has 4 heteroatoms. The Kier molecular flexibility index (Phi) is 3.80. The first-order chi connectivity index (χ1) is 7.65. The minimum atomic E-state index is -0.302. The summed E-state index contributed by atoms with van der Waals surface area (Å²) in [7, 11) is 0. The molecule has 2 heterocycles. The van der Waals surface area contributed by atoms with Gasteiger partial charge in [0.15, 0.2) is 0 Å². The molecule has 0 aromatic carbocycles. The molecule has 0 bridgehead atoms. The number of rotatable bonds is 3. The molecule has 92 valence electrons. The van der Waals surface area contributed by atoms with Gasteiger partial charge in [-0.15, -0.1) is 0 Å². The average Bonchev–Trinajstić information content (AvgIpc) is 2.60. The van der Waals surface area contributed by atoms with Gasteiger partial charge in [0.05, 0.1) is 12.2 Å². The summed E-state index contributed by atoms with van der Waals surface area (Å²) in [4.78, 5) is 14.2. The number of hydrogen-bond donors (Lipinski definition) is 1. The van der Waals surface area contributed by atoms with Gasteiger partial charge in [-0.25, -0.2) is 0 Å². The highest BCUT2D eigenvalue weighted by atomic mass is 32.2. The number of nitrogens with one attached hydrogen (secondary N) is 1. The van der Waals surface area contributed by atoms with Crippen LogP contribution in [-0.2, 0) is 4.79 Å². The molecule has 2 rings (SSSR count). The molecule has 0 radical (unpaired) electrons. The normalized spacial score (nSPS) is 32.4. The maximum absolute atomic E-state index is 12.2. The van der Waals surface area contributed by atoms with Crippen molar-refractivity contribution in [2.45, 2.75) is 38.6 Å². The van der Waals surface area contributed by atoms with E-state index in [0.29, 0.717) is 5.91 Å². The molecule has 1 N–H and O–H groups in total. The van der Waals surface area contributed by atoms with Gasteiger partial charge in [0.1, 0.15) is 0 Å². The number of thioether (sulfide) groups is 1. The predicted molar refractivity (Wildman–Crippen MR) is 68.5 cm³/mol. The van der Waals surface area contributed by atoms with Crippen molar-refractivity contribution in [2.75, 3.05) is 24.7 Å². The smallest absolute Gasteiger partial charge is 0.243 e. The number of amides is 1. The Morgan fingerprint density at radius 3 is 2.75 bits per heavy atom. The molecule has 0 aliphatic carbocycles. The summed E-state index contributed by atoms with van der Waals surface area (Å²) in [6, 6.07) is 0. The van der Waals surface area contributed by atoms with Gasteiger partial charge < -0.3 is 4.90 Å². The highest BCUT2D eigenvalue weighted by molar-refractivity contribution is 7.99. The Balaban J connectivity index is 1.89. The highest BCUT2D eigenvalue weighted by Crippen LogP contribution is 2.26. The molecule has 3 nitrogen and oxygen atoms in total. The van der Waals surface area contributed by atoms with E-state index in [2.05, 4.69) is 12.2 Å². The van der Waals surface area contributed by atoms with Gasteiger partial charge in [0.2, 0.25) is 5.91 Å². The first-order valence-corrected chi connectivity index (χ1v) is 7.43. The molecule has 16 heavy (non-hydrogen) atoms. The van der Waals surface area contributed by atoms with Crippen molar-refractivity contribution < 1.29 is 4.79 Å². The van der Waals surface area contributed by atoms with E-state index in [4.69, 9.17) is 0 Å². The Labute approximate surface area is 102 Å². The van der Waals surface area contributed by atoms with Crippen molar-refractivity contribution in [3.8, 4) is 0 Å². The Hall–Kier alpha value is -0.220. The molecule has 2 aliphatic heterocycles. The summed E-state index contributed by atoms with van der Waals surface area (Å²) in [5.74, 6) is 3.57.